The fourth-order valence-corrected chi connectivity index (χ4v) is 4.37. The van der Waals surface area contributed by atoms with Crippen LogP contribution in [0.1, 0.15) is 27.2 Å². The molecule has 0 amide bonds. The second-order valence-electron chi connectivity index (χ2n) is 4.33. The predicted molar refractivity (Wildman–Crippen MR) is 57.6 cm³/mol. The third-order valence-electron chi connectivity index (χ3n) is 1.73. The highest BCUT2D eigenvalue weighted by molar-refractivity contribution is 8.06. The molecule has 0 saturated carbocycles. The summed E-state index contributed by atoms with van der Waals surface area (Å²) in [5.74, 6) is 4.11. The van der Waals surface area contributed by atoms with Crippen LogP contribution >= 0.6 is 23.5 Å². The van der Waals surface area contributed by atoms with E-state index in [0.29, 0.717) is 5.41 Å². The molecule has 66 valence electrons. The highest BCUT2D eigenvalue weighted by Gasteiger charge is 2.20. The van der Waals surface area contributed by atoms with Crippen LogP contribution < -0.4 is 0 Å². The third kappa shape index (κ3) is 4.32. The normalized spacial score (nSPS) is 27.0. The minimum absolute atomic E-state index is 0.523. The van der Waals surface area contributed by atoms with Crippen LogP contribution in [0.25, 0.3) is 0 Å². The molecule has 1 aliphatic rings. The third-order valence-corrected chi connectivity index (χ3v) is 4.57. The van der Waals surface area contributed by atoms with Gasteiger partial charge < -0.3 is 0 Å². The molecule has 1 atom stereocenters. The van der Waals surface area contributed by atoms with E-state index in [1.165, 1.54) is 23.7 Å². The van der Waals surface area contributed by atoms with E-state index in [2.05, 4.69) is 44.3 Å². The zero-order chi connectivity index (χ0) is 8.32. The fourth-order valence-electron chi connectivity index (χ4n) is 1.34. The molecule has 0 N–H and O–H groups in total. The molecule has 2 heteroatoms. The van der Waals surface area contributed by atoms with Gasteiger partial charge in [0, 0.05) is 22.5 Å². The minimum Gasteiger partial charge on any atom is -0.160 e. The molecule has 0 aromatic carbocycles. The van der Waals surface area contributed by atoms with Crippen molar-refractivity contribution in [3.8, 4) is 0 Å². The number of thioether (sulfide) groups is 2. The number of rotatable bonds is 1. The molecule has 0 bridgehead atoms. The Bertz CT molecular complexity index is 109. The van der Waals surface area contributed by atoms with Crippen LogP contribution in [0.15, 0.2) is 0 Å². The zero-order valence-electron chi connectivity index (χ0n) is 7.72. The van der Waals surface area contributed by atoms with Crippen molar-refractivity contribution in [3.05, 3.63) is 0 Å². The maximum atomic E-state index is 2.34. The topological polar surface area (TPSA) is 0 Å². The van der Waals surface area contributed by atoms with Gasteiger partial charge in [0.05, 0.1) is 0 Å². The van der Waals surface area contributed by atoms with Crippen molar-refractivity contribution in [2.75, 3.05) is 17.3 Å². The van der Waals surface area contributed by atoms with E-state index in [4.69, 9.17) is 0 Å². The summed E-state index contributed by atoms with van der Waals surface area (Å²) in [7, 11) is 0. The highest BCUT2D eigenvalue weighted by atomic mass is 32.2. The lowest BCUT2D eigenvalue weighted by Crippen LogP contribution is -2.20. The van der Waals surface area contributed by atoms with Crippen LogP contribution in [0.4, 0.5) is 0 Å². The van der Waals surface area contributed by atoms with Crippen molar-refractivity contribution in [2.24, 2.45) is 5.41 Å². The van der Waals surface area contributed by atoms with Crippen LogP contribution in [0.5, 0.6) is 0 Å². The molecule has 0 nitrogen and oxygen atoms in total. The summed E-state index contributed by atoms with van der Waals surface area (Å²) in [5, 5.41) is 0.925. The molecule has 0 spiro atoms. The van der Waals surface area contributed by atoms with Crippen molar-refractivity contribution in [1.82, 2.24) is 0 Å². The van der Waals surface area contributed by atoms with Crippen LogP contribution in [-0.4, -0.2) is 22.5 Å². The SMILES string of the molecule is CC(C)(C)CC1CSCCS1. The van der Waals surface area contributed by atoms with Gasteiger partial charge in [-0.15, -0.1) is 0 Å². The minimum atomic E-state index is 0.523. The Morgan fingerprint density at radius 2 is 2.00 bits per heavy atom. The maximum Gasteiger partial charge on any atom is 0.0143 e. The summed E-state index contributed by atoms with van der Waals surface area (Å²) in [5.41, 5.74) is 0.523. The van der Waals surface area contributed by atoms with E-state index in [9.17, 15) is 0 Å². The molecule has 1 saturated heterocycles. The Kier molecular flexibility index (Phi) is 3.63. The molecule has 1 unspecified atom stereocenters. The molecular formula is C9H18S2. The van der Waals surface area contributed by atoms with Crippen molar-refractivity contribution in [3.63, 3.8) is 0 Å². The van der Waals surface area contributed by atoms with Crippen LogP contribution in [0.2, 0.25) is 0 Å². The summed E-state index contributed by atoms with van der Waals surface area (Å²) in [6.45, 7) is 7.02. The Labute approximate surface area is 78.9 Å². The molecule has 0 aromatic rings. The first-order valence-corrected chi connectivity index (χ1v) is 6.48. The summed E-state index contributed by atoms with van der Waals surface area (Å²) in [6.07, 6.45) is 1.38. The van der Waals surface area contributed by atoms with Gasteiger partial charge in [-0.2, -0.15) is 23.5 Å². The van der Waals surface area contributed by atoms with Gasteiger partial charge in [0.2, 0.25) is 0 Å². The smallest absolute Gasteiger partial charge is 0.0143 e. The fraction of sp³-hybridized carbons (Fsp3) is 1.00. The van der Waals surface area contributed by atoms with Gasteiger partial charge in [-0.1, -0.05) is 20.8 Å². The largest absolute Gasteiger partial charge is 0.160 e. The van der Waals surface area contributed by atoms with Gasteiger partial charge in [-0.3, -0.25) is 0 Å². The van der Waals surface area contributed by atoms with E-state index < -0.39 is 0 Å². The molecule has 0 aliphatic carbocycles. The predicted octanol–water partition coefficient (Wildman–Crippen LogP) is 3.27. The van der Waals surface area contributed by atoms with E-state index in [1.54, 1.807) is 0 Å². The van der Waals surface area contributed by atoms with Crippen molar-refractivity contribution in [1.29, 1.82) is 0 Å². The lowest BCUT2D eigenvalue weighted by Gasteiger charge is -2.27. The van der Waals surface area contributed by atoms with Crippen molar-refractivity contribution < 1.29 is 0 Å². The van der Waals surface area contributed by atoms with E-state index in [1.807, 2.05) is 0 Å². The molecule has 0 radical (unpaired) electrons. The van der Waals surface area contributed by atoms with Crippen molar-refractivity contribution in [2.45, 2.75) is 32.4 Å². The Morgan fingerprint density at radius 3 is 2.45 bits per heavy atom. The van der Waals surface area contributed by atoms with Crippen molar-refractivity contribution >= 4 is 23.5 Å². The zero-order valence-corrected chi connectivity index (χ0v) is 9.36. The standard InChI is InChI=1S/C9H18S2/c1-9(2,3)6-8-7-10-4-5-11-8/h8H,4-7H2,1-3H3. The molecule has 1 fully saturated rings. The number of hydrogen-bond donors (Lipinski definition) is 0. The van der Waals surface area contributed by atoms with E-state index in [-0.39, 0.29) is 0 Å². The monoisotopic (exact) mass is 190 g/mol. The molecule has 11 heavy (non-hydrogen) atoms. The second kappa shape index (κ2) is 4.08. The molecule has 0 aromatic heterocycles. The van der Waals surface area contributed by atoms with E-state index in [0.717, 1.165) is 5.25 Å². The summed E-state index contributed by atoms with van der Waals surface area (Å²) >= 11 is 4.29. The van der Waals surface area contributed by atoms with Gasteiger partial charge >= 0.3 is 0 Å². The molecule has 1 rings (SSSR count). The average Bonchev–Trinajstić information content (AvgIpc) is 1.85. The van der Waals surface area contributed by atoms with Gasteiger partial charge in [0.25, 0.3) is 0 Å². The van der Waals surface area contributed by atoms with Crippen LogP contribution in [0.3, 0.4) is 0 Å². The quantitative estimate of drug-likeness (QED) is 0.622. The molecule has 1 heterocycles. The maximum absolute atomic E-state index is 2.34. The summed E-state index contributed by atoms with van der Waals surface area (Å²) < 4.78 is 0. The van der Waals surface area contributed by atoms with Crippen LogP contribution in [0, 0.1) is 5.41 Å². The molecular weight excluding hydrogens is 172 g/mol. The average molecular weight is 190 g/mol. The van der Waals surface area contributed by atoms with E-state index >= 15 is 0 Å². The Morgan fingerprint density at radius 1 is 1.27 bits per heavy atom. The van der Waals surface area contributed by atoms with Gasteiger partial charge in [-0.25, -0.2) is 0 Å². The lowest BCUT2D eigenvalue weighted by molar-refractivity contribution is 0.379. The first-order valence-electron chi connectivity index (χ1n) is 4.27. The summed E-state index contributed by atoms with van der Waals surface area (Å²) in [4.78, 5) is 0. The first kappa shape index (κ1) is 9.79. The first-order chi connectivity index (χ1) is 5.08. The Balaban J connectivity index is 2.24. The Hall–Kier alpha value is 0.700. The summed E-state index contributed by atoms with van der Waals surface area (Å²) in [6, 6.07) is 0. The van der Waals surface area contributed by atoms with Crippen LogP contribution in [-0.2, 0) is 0 Å². The molecule has 1 aliphatic heterocycles. The highest BCUT2D eigenvalue weighted by Crippen LogP contribution is 2.33. The van der Waals surface area contributed by atoms with Gasteiger partial charge in [0.1, 0.15) is 0 Å². The second-order valence-corrected chi connectivity index (χ2v) is 6.89. The van der Waals surface area contributed by atoms with Gasteiger partial charge in [-0.05, 0) is 11.8 Å². The lowest BCUT2D eigenvalue weighted by atomic mass is 9.91. The van der Waals surface area contributed by atoms with Gasteiger partial charge in [0.15, 0.2) is 0 Å². The number of hydrogen-bond acceptors (Lipinski definition) is 2.